The standard InChI is InChI=1S/C13H6BrF5/c14-9-6-8(7-4-2-1-3-5-7)10(13(17,18)19)12(16)11(9)15/h1-6H. The third-order valence-corrected chi connectivity index (χ3v) is 3.11. The highest BCUT2D eigenvalue weighted by atomic mass is 79.9. The number of hydrogen-bond acceptors (Lipinski definition) is 0. The molecule has 0 radical (unpaired) electrons. The van der Waals surface area contributed by atoms with Crippen molar-refractivity contribution in [2.75, 3.05) is 0 Å². The molecule has 100 valence electrons. The van der Waals surface area contributed by atoms with Crippen LogP contribution in [0.15, 0.2) is 40.9 Å². The van der Waals surface area contributed by atoms with Gasteiger partial charge in [-0.25, -0.2) is 8.78 Å². The van der Waals surface area contributed by atoms with Crippen LogP contribution in [0.4, 0.5) is 22.0 Å². The van der Waals surface area contributed by atoms with Gasteiger partial charge in [0.2, 0.25) is 0 Å². The van der Waals surface area contributed by atoms with Crippen LogP contribution in [-0.2, 0) is 6.18 Å². The van der Waals surface area contributed by atoms with Gasteiger partial charge in [0, 0.05) is 0 Å². The van der Waals surface area contributed by atoms with Gasteiger partial charge in [-0.1, -0.05) is 30.3 Å². The molecule has 0 aliphatic rings. The van der Waals surface area contributed by atoms with Crippen molar-refractivity contribution in [1.29, 1.82) is 0 Å². The van der Waals surface area contributed by atoms with Crippen LogP contribution in [0.3, 0.4) is 0 Å². The van der Waals surface area contributed by atoms with Gasteiger partial charge >= 0.3 is 6.18 Å². The van der Waals surface area contributed by atoms with Gasteiger partial charge in [0.1, 0.15) is 5.56 Å². The summed E-state index contributed by atoms with van der Waals surface area (Å²) in [6.07, 6.45) is -4.98. The van der Waals surface area contributed by atoms with E-state index in [1.807, 2.05) is 0 Å². The van der Waals surface area contributed by atoms with E-state index in [2.05, 4.69) is 15.9 Å². The van der Waals surface area contributed by atoms with Gasteiger partial charge in [-0.2, -0.15) is 13.2 Å². The maximum absolute atomic E-state index is 13.6. The predicted molar refractivity (Wildman–Crippen MR) is 64.5 cm³/mol. The molecule has 2 aromatic carbocycles. The summed E-state index contributed by atoms with van der Waals surface area (Å²) in [6, 6.07) is 8.38. The van der Waals surface area contributed by atoms with Gasteiger partial charge in [0.25, 0.3) is 0 Å². The molecule has 0 heterocycles. The van der Waals surface area contributed by atoms with E-state index < -0.39 is 28.9 Å². The summed E-state index contributed by atoms with van der Waals surface area (Å²) >= 11 is 2.71. The minimum atomic E-state index is -4.98. The average molecular weight is 337 g/mol. The van der Waals surface area contributed by atoms with Crippen molar-refractivity contribution in [3.05, 3.63) is 58.1 Å². The smallest absolute Gasteiger partial charge is 0.203 e. The fraction of sp³-hybridized carbons (Fsp3) is 0.0769. The topological polar surface area (TPSA) is 0 Å². The van der Waals surface area contributed by atoms with E-state index in [9.17, 15) is 22.0 Å². The molecule has 19 heavy (non-hydrogen) atoms. The Morgan fingerprint density at radius 2 is 1.47 bits per heavy atom. The number of hydrogen-bond donors (Lipinski definition) is 0. The SMILES string of the molecule is Fc1c(Br)cc(-c2ccccc2)c(C(F)(F)F)c1F. The Balaban J connectivity index is 2.81. The Morgan fingerprint density at radius 1 is 0.895 bits per heavy atom. The van der Waals surface area contributed by atoms with Crippen molar-refractivity contribution in [1.82, 2.24) is 0 Å². The van der Waals surface area contributed by atoms with Crippen molar-refractivity contribution in [2.45, 2.75) is 6.18 Å². The fourth-order valence-corrected chi connectivity index (χ4v) is 2.12. The molecule has 0 fully saturated rings. The molecule has 2 aromatic rings. The Labute approximate surface area is 114 Å². The van der Waals surface area contributed by atoms with Crippen LogP contribution in [0.2, 0.25) is 0 Å². The molecule has 0 aromatic heterocycles. The second-order valence-electron chi connectivity index (χ2n) is 3.77. The van der Waals surface area contributed by atoms with Crippen molar-refractivity contribution in [3.63, 3.8) is 0 Å². The van der Waals surface area contributed by atoms with E-state index in [0.717, 1.165) is 6.07 Å². The molecule has 2 rings (SSSR count). The van der Waals surface area contributed by atoms with Crippen LogP contribution < -0.4 is 0 Å². The first-order valence-corrected chi connectivity index (χ1v) is 5.91. The molecule has 0 nitrogen and oxygen atoms in total. The van der Waals surface area contributed by atoms with Crippen molar-refractivity contribution < 1.29 is 22.0 Å². The third-order valence-electron chi connectivity index (χ3n) is 2.53. The molecule has 0 atom stereocenters. The minimum absolute atomic E-state index is 0.162. The van der Waals surface area contributed by atoms with E-state index in [1.54, 1.807) is 6.07 Å². The highest BCUT2D eigenvalue weighted by molar-refractivity contribution is 9.10. The first-order chi connectivity index (χ1) is 8.82. The lowest BCUT2D eigenvalue weighted by molar-refractivity contribution is -0.139. The first-order valence-electron chi connectivity index (χ1n) is 5.12. The number of benzene rings is 2. The first kappa shape index (κ1) is 14.0. The molecule has 0 aliphatic heterocycles. The van der Waals surface area contributed by atoms with Crippen LogP contribution in [0.1, 0.15) is 5.56 Å². The van der Waals surface area contributed by atoms with Crippen LogP contribution >= 0.6 is 15.9 Å². The lowest BCUT2D eigenvalue weighted by Gasteiger charge is -2.15. The second kappa shape index (κ2) is 4.92. The molecular formula is C13H6BrF5. The third kappa shape index (κ3) is 2.63. The van der Waals surface area contributed by atoms with Gasteiger partial charge in [-0.15, -0.1) is 0 Å². The van der Waals surface area contributed by atoms with Crippen molar-refractivity contribution >= 4 is 15.9 Å². The Bertz CT molecular complexity index is 605. The fourth-order valence-electron chi connectivity index (χ4n) is 1.72. The molecular weight excluding hydrogens is 331 g/mol. The summed E-state index contributed by atoms with van der Waals surface area (Å²) in [5, 5.41) is 0. The van der Waals surface area contributed by atoms with Gasteiger partial charge in [0.15, 0.2) is 11.6 Å². The van der Waals surface area contributed by atoms with Gasteiger partial charge < -0.3 is 0 Å². The maximum atomic E-state index is 13.6. The Morgan fingerprint density at radius 3 is 2.00 bits per heavy atom. The zero-order valence-electron chi connectivity index (χ0n) is 9.23. The molecule has 0 unspecified atom stereocenters. The quantitative estimate of drug-likeness (QED) is 0.482. The van der Waals surface area contributed by atoms with E-state index >= 15 is 0 Å². The van der Waals surface area contributed by atoms with E-state index in [-0.39, 0.29) is 10.0 Å². The monoisotopic (exact) mass is 336 g/mol. The van der Waals surface area contributed by atoms with Crippen LogP contribution in [0.25, 0.3) is 11.1 Å². The largest absolute Gasteiger partial charge is 0.419 e. The average Bonchev–Trinajstić information content (AvgIpc) is 2.35. The van der Waals surface area contributed by atoms with E-state index in [4.69, 9.17) is 0 Å². The summed E-state index contributed by atoms with van der Waals surface area (Å²) in [4.78, 5) is 0. The summed E-state index contributed by atoms with van der Waals surface area (Å²) in [7, 11) is 0. The highest BCUT2D eigenvalue weighted by Gasteiger charge is 2.39. The van der Waals surface area contributed by atoms with Crippen LogP contribution in [0, 0.1) is 11.6 Å². The molecule has 0 bridgehead atoms. The predicted octanol–water partition coefficient (Wildman–Crippen LogP) is 5.41. The zero-order chi connectivity index (χ0) is 14.2. The van der Waals surface area contributed by atoms with Crippen LogP contribution in [-0.4, -0.2) is 0 Å². The lowest BCUT2D eigenvalue weighted by Crippen LogP contribution is -2.12. The summed E-state index contributed by atoms with van der Waals surface area (Å²) in [6.45, 7) is 0. The van der Waals surface area contributed by atoms with E-state index in [1.165, 1.54) is 24.3 Å². The molecule has 0 N–H and O–H groups in total. The van der Waals surface area contributed by atoms with Crippen molar-refractivity contribution in [3.8, 4) is 11.1 Å². The lowest BCUT2D eigenvalue weighted by atomic mass is 9.98. The number of rotatable bonds is 1. The minimum Gasteiger partial charge on any atom is -0.203 e. The van der Waals surface area contributed by atoms with Crippen LogP contribution in [0.5, 0.6) is 0 Å². The van der Waals surface area contributed by atoms with E-state index in [0.29, 0.717) is 0 Å². The number of alkyl halides is 3. The zero-order valence-corrected chi connectivity index (χ0v) is 10.8. The number of halogens is 6. The van der Waals surface area contributed by atoms with Gasteiger partial charge in [-0.05, 0) is 33.1 Å². The van der Waals surface area contributed by atoms with Gasteiger partial charge in [-0.3, -0.25) is 0 Å². The molecule has 0 saturated heterocycles. The maximum Gasteiger partial charge on any atom is 0.419 e. The molecule has 0 spiro atoms. The van der Waals surface area contributed by atoms with Gasteiger partial charge in [0.05, 0.1) is 4.47 Å². The summed E-state index contributed by atoms with van der Waals surface area (Å²) in [5.74, 6) is -3.45. The normalized spacial score (nSPS) is 11.7. The highest BCUT2D eigenvalue weighted by Crippen LogP contribution is 2.41. The summed E-state index contributed by atoms with van der Waals surface area (Å²) < 4.78 is 65.2. The molecule has 0 aliphatic carbocycles. The van der Waals surface area contributed by atoms with Crippen molar-refractivity contribution in [2.24, 2.45) is 0 Å². The second-order valence-corrected chi connectivity index (χ2v) is 4.63. The molecule has 0 saturated carbocycles. The molecule has 0 amide bonds. The summed E-state index contributed by atoms with van der Waals surface area (Å²) in [5.41, 5.74) is -1.84. The Hall–Kier alpha value is -1.43. The molecule has 6 heteroatoms. The Kier molecular flexibility index (Phi) is 3.62.